The number of thiophene rings is 1. The van der Waals surface area contributed by atoms with Gasteiger partial charge in [0.15, 0.2) is 0 Å². The molecular weight excluding hydrogens is 410 g/mol. The van der Waals surface area contributed by atoms with Gasteiger partial charge in [-0.15, -0.1) is 11.3 Å². The second kappa shape index (κ2) is 10.9. The Kier molecular flexibility index (Phi) is 8.23. The van der Waals surface area contributed by atoms with Crippen LogP contribution >= 0.6 is 11.3 Å². The van der Waals surface area contributed by atoms with Crippen LogP contribution in [0.1, 0.15) is 45.9 Å². The molecule has 168 valence electrons. The maximum atomic E-state index is 13.0. The SMILES string of the molecule is CCCC(O)CN(CCC(C)C)Cc1nc2scc(-c3ccccc3OC)c2c(=O)[nH]1. The molecule has 0 aliphatic heterocycles. The number of nitrogens with one attached hydrogen (secondary N) is 1. The summed E-state index contributed by atoms with van der Waals surface area (Å²) in [6, 6.07) is 7.70. The summed E-state index contributed by atoms with van der Waals surface area (Å²) in [6.45, 7) is 8.41. The molecule has 3 aromatic rings. The fraction of sp³-hybridized carbons (Fsp3) is 0.500. The average molecular weight is 444 g/mol. The molecule has 0 radical (unpaired) electrons. The van der Waals surface area contributed by atoms with E-state index < -0.39 is 0 Å². The quantitative estimate of drug-likeness (QED) is 0.450. The molecule has 0 saturated heterocycles. The Hall–Kier alpha value is -2.22. The van der Waals surface area contributed by atoms with E-state index in [2.05, 4.69) is 30.7 Å². The Morgan fingerprint density at radius 3 is 2.71 bits per heavy atom. The lowest BCUT2D eigenvalue weighted by atomic mass is 10.1. The summed E-state index contributed by atoms with van der Waals surface area (Å²) in [7, 11) is 1.63. The van der Waals surface area contributed by atoms with Gasteiger partial charge in [-0.2, -0.15) is 0 Å². The Morgan fingerprint density at radius 2 is 2.00 bits per heavy atom. The molecule has 0 spiro atoms. The van der Waals surface area contributed by atoms with Crippen LogP contribution in [-0.2, 0) is 6.54 Å². The molecule has 1 unspecified atom stereocenters. The van der Waals surface area contributed by atoms with Crippen LogP contribution in [0.15, 0.2) is 34.4 Å². The second-order valence-corrected chi connectivity index (χ2v) is 9.26. The van der Waals surface area contributed by atoms with E-state index in [9.17, 15) is 9.90 Å². The summed E-state index contributed by atoms with van der Waals surface area (Å²) in [5, 5.41) is 12.9. The lowest BCUT2D eigenvalue weighted by Crippen LogP contribution is -2.34. The van der Waals surface area contributed by atoms with E-state index in [1.54, 1.807) is 7.11 Å². The van der Waals surface area contributed by atoms with E-state index in [-0.39, 0.29) is 11.7 Å². The average Bonchev–Trinajstić information content (AvgIpc) is 3.16. The third-order valence-corrected chi connectivity index (χ3v) is 6.25. The minimum Gasteiger partial charge on any atom is -0.496 e. The zero-order valence-electron chi connectivity index (χ0n) is 18.9. The van der Waals surface area contributed by atoms with Crippen molar-refractivity contribution in [3.05, 3.63) is 45.8 Å². The molecule has 7 heteroatoms. The van der Waals surface area contributed by atoms with Gasteiger partial charge in [0.2, 0.25) is 0 Å². The van der Waals surface area contributed by atoms with Crippen LogP contribution in [-0.4, -0.2) is 46.3 Å². The number of para-hydroxylation sites is 1. The van der Waals surface area contributed by atoms with Crippen molar-refractivity contribution in [2.75, 3.05) is 20.2 Å². The van der Waals surface area contributed by atoms with Gasteiger partial charge in [0.05, 0.1) is 25.1 Å². The highest BCUT2D eigenvalue weighted by Gasteiger charge is 2.18. The van der Waals surface area contributed by atoms with Crippen LogP contribution in [0, 0.1) is 5.92 Å². The number of aliphatic hydroxyl groups is 1. The first-order chi connectivity index (χ1) is 14.9. The Labute approximate surface area is 187 Å². The second-order valence-electron chi connectivity index (χ2n) is 8.40. The molecule has 3 rings (SSSR count). The molecule has 0 saturated carbocycles. The summed E-state index contributed by atoms with van der Waals surface area (Å²) in [5.74, 6) is 1.94. The largest absolute Gasteiger partial charge is 0.496 e. The summed E-state index contributed by atoms with van der Waals surface area (Å²) < 4.78 is 5.48. The molecule has 0 aliphatic rings. The first kappa shape index (κ1) is 23.4. The molecule has 6 nitrogen and oxygen atoms in total. The Morgan fingerprint density at radius 1 is 1.23 bits per heavy atom. The summed E-state index contributed by atoms with van der Waals surface area (Å²) in [5.41, 5.74) is 1.59. The predicted molar refractivity (Wildman–Crippen MR) is 128 cm³/mol. The third-order valence-electron chi connectivity index (χ3n) is 5.38. The summed E-state index contributed by atoms with van der Waals surface area (Å²) >= 11 is 1.47. The van der Waals surface area contributed by atoms with E-state index in [0.717, 1.165) is 47.5 Å². The van der Waals surface area contributed by atoms with Gasteiger partial charge in [-0.05, 0) is 31.4 Å². The molecule has 0 bridgehead atoms. The van der Waals surface area contributed by atoms with Gasteiger partial charge in [0.1, 0.15) is 16.4 Å². The van der Waals surface area contributed by atoms with Crippen LogP contribution in [0.2, 0.25) is 0 Å². The molecular formula is C24H33N3O3S. The third kappa shape index (κ3) is 5.93. The van der Waals surface area contributed by atoms with Crippen LogP contribution in [0.5, 0.6) is 5.75 Å². The summed E-state index contributed by atoms with van der Waals surface area (Å²) in [6.07, 6.45) is 2.38. The number of H-pyrrole nitrogens is 1. The number of methoxy groups -OCH3 is 1. The zero-order chi connectivity index (χ0) is 22.4. The van der Waals surface area contributed by atoms with Gasteiger partial charge < -0.3 is 14.8 Å². The van der Waals surface area contributed by atoms with Crippen molar-refractivity contribution < 1.29 is 9.84 Å². The van der Waals surface area contributed by atoms with Crippen LogP contribution in [0.25, 0.3) is 21.3 Å². The number of aromatic nitrogens is 2. The van der Waals surface area contributed by atoms with Gasteiger partial charge in [-0.3, -0.25) is 9.69 Å². The lowest BCUT2D eigenvalue weighted by Gasteiger charge is -2.25. The Balaban J connectivity index is 1.89. The van der Waals surface area contributed by atoms with Crippen molar-refractivity contribution in [3.8, 4) is 16.9 Å². The molecule has 1 atom stereocenters. The van der Waals surface area contributed by atoms with E-state index in [1.165, 1.54) is 11.3 Å². The highest BCUT2D eigenvalue weighted by atomic mass is 32.1. The van der Waals surface area contributed by atoms with Gasteiger partial charge in [0, 0.05) is 23.1 Å². The number of aliphatic hydroxyl groups excluding tert-OH is 1. The van der Waals surface area contributed by atoms with Crippen molar-refractivity contribution >= 4 is 21.6 Å². The fourth-order valence-corrected chi connectivity index (χ4v) is 4.70. The molecule has 2 N–H and O–H groups in total. The molecule has 0 aliphatic carbocycles. The number of hydrogen-bond acceptors (Lipinski definition) is 6. The van der Waals surface area contributed by atoms with Crippen molar-refractivity contribution in [1.29, 1.82) is 0 Å². The Bertz CT molecular complexity index is 1040. The zero-order valence-corrected chi connectivity index (χ0v) is 19.7. The van der Waals surface area contributed by atoms with E-state index in [4.69, 9.17) is 9.72 Å². The molecule has 2 aromatic heterocycles. The molecule has 1 aromatic carbocycles. The maximum Gasteiger partial charge on any atom is 0.260 e. The van der Waals surface area contributed by atoms with Crippen molar-refractivity contribution in [2.45, 2.75) is 52.7 Å². The maximum absolute atomic E-state index is 13.0. The number of hydrogen-bond donors (Lipinski definition) is 2. The number of rotatable bonds is 11. The van der Waals surface area contributed by atoms with Crippen molar-refractivity contribution in [3.63, 3.8) is 0 Å². The van der Waals surface area contributed by atoms with Gasteiger partial charge in [0.25, 0.3) is 5.56 Å². The smallest absolute Gasteiger partial charge is 0.260 e. The van der Waals surface area contributed by atoms with Crippen LogP contribution in [0.4, 0.5) is 0 Å². The first-order valence-corrected chi connectivity index (χ1v) is 11.8. The van der Waals surface area contributed by atoms with E-state index >= 15 is 0 Å². The van der Waals surface area contributed by atoms with Gasteiger partial charge >= 0.3 is 0 Å². The van der Waals surface area contributed by atoms with Gasteiger partial charge in [-0.1, -0.05) is 45.4 Å². The monoisotopic (exact) mass is 443 g/mol. The van der Waals surface area contributed by atoms with Crippen LogP contribution < -0.4 is 10.3 Å². The normalized spacial score (nSPS) is 12.7. The predicted octanol–water partition coefficient (Wildman–Crippen LogP) is 4.67. The van der Waals surface area contributed by atoms with E-state index in [1.807, 2.05) is 29.6 Å². The number of benzene rings is 1. The minimum absolute atomic E-state index is 0.139. The van der Waals surface area contributed by atoms with Crippen molar-refractivity contribution in [1.82, 2.24) is 14.9 Å². The van der Waals surface area contributed by atoms with E-state index in [0.29, 0.717) is 30.2 Å². The number of nitrogens with zero attached hydrogens (tertiary/aromatic N) is 2. The highest BCUT2D eigenvalue weighted by molar-refractivity contribution is 7.17. The molecule has 31 heavy (non-hydrogen) atoms. The standard InChI is InChI=1S/C24H33N3O3S/c1-5-8-17(28)13-27(12-11-16(2)3)14-21-25-23(29)22-19(15-31-24(22)26-21)18-9-6-7-10-20(18)30-4/h6-7,9-10,15-17,28H,5,8,11-14H2,1-4H3,(H,25,26,29). The minimum atomic E-state index is -0.369. The van der Waals surface area contributed by atoms with Gasteiger partial charge in [-0.25, -0.2) is 4.98 Å². The number of ether oxygens (including phenoxy) is 1. The topological polar surface area (TPSA) is 78.5 Å². The number of aromatic amines is 1. The lowest BCUT2D eigenvalue weighted by molar-refractivity contribution is 0.0968. The number of fused-ring (bicyclic) bond motifs is 1. The first-order valence-electron chi connectivity index (χ1n) is 11.0. The fourth-order valence-electron chi connectivity index (χ4n) is 3.74. The molecule has 0 fully saturated rings. The molecule has 2 heterocycles. The molecule has 0 amide bonds. The van der Waals surface area contributed by atoms with Crippen molar-refractivity contribution in [2.24, 2.45) is 5.92 Å². The highest BCUT2D eigenvalue weighted by Crippen LogP contribution is 2.36. The summed E-state index contributed by atoms with van der Waals surface area (Å²) in [4.78, 5) is 23.7. The van der Waals surface area contributed by atoms with Crippen LogP contribution in [0.3, 0.4) is 0 Å².